The Morgan fingerprint density at radius 3 is 2.20 bits per heavy atom. The molecule has 268 valence electrons. The molecule has 3 atom stereocenters. The van der Waals surface area contributed by atoms with E-state index >= 15 is 0 Å². The van der Waals surface area contributed by atoms with Crippen LogP contribution in [-0.2, 0) is 41.7 Å². The third-order valence-corrected chi connectivity index (χ3v) is 10.0. The van der Waals surface area contributed by atoms with Gasteiger partial charge in [0.15, 0.2) is 12.1 Å². The van der Waals surface area contributed by atoms with Crippen LogP contribution in [0.4, 0.5) is 0 Å². The molecule has 3 aliphatic heterocycles. The number of nitrogens with zero attached hydrogens (tertiary/aromatic N) is 1. The van der Waals surface area contributed by atoms with Crippen molar-refractivity contribution in [1.29, 1.82) is 0 Å². The first kappa shape index (κ1) is 36.2. The molecule has 0 saturated carbocycles. The van der Waals surface area contributed by atoms with Crippen LogP contribution < -0.4 is 5.32 Å². The fourth-order valence-corrected chi connectivity index (χ4v) is 7.16. The molecule has 3 aromatic carbocycles. The van der Waals surface area contributed by atoms with Gasteiger partial charge in [0.2, 0.25) is 5.91 Å². The van der Waals surface area contributed by atoms with Gasteiger partial charge in [-0.1, -0.05) is 85.6 Å². The largest absolute Gasteiger partial charge is 0.481 e. The molecule has 50 heavy (non-hydrogen) atoms. The van der Waals surface area contributed by atoms with Crippen molar-refractivity contribution in [2.75, 3.05) is 32.8 Å². The van der Waals surface area contributed by atoms with Gasteiger partial charge in [0, 0.05) is 63.8 Å². The quantitative estimate of drug-likeness (QED) is 0.159. The number of unbranched alkanes of at least 4 members (excludes halogenated alkanes) is 3. The fourth-order valence-electron chi connectivity index (χ4n) is 7.16. The summed E-state index contributed by atoms with van der Waals surface area (Å²) in [4.78, 5) is 25.7. The number of likely N-dealkylation sites (tertiary alicyclic amines) is 1. The molecule has 3 heterocycles. The van der Waals surface area contributed by atoms with Gasteiger partial charge in [0.25, 0.3) is 0 Å². The summed E-state index contributed by atoms with van der Waals surface area (Å²) in [6, 6.07) is 24.4. The summed E-state index contributed by atoms with van der Waals surface area (Å²) in [6.45, 7) is 4.35. The second kappa shape index (κ2) is 17.5. The molecule has 10 nitrogen and oxygen atoms in total. The zero-order valence-electron chi connectivity index (χ0n) is 28.8. The molecule has 0 unspecified atom stereocenters. The van der Waals surface area contributed by atoms with E-state index in [4.69, 9.17) is 24.1 Å². The smallest absolute Gasteiger partial charge is 0.303 e. The highest BCUT2D eigenvalue weighted by Crippen LogP contribution is 2.40. The first-order valence-electron chi connectivity index (χ1n) is 18.1. The highest BCUT2D eigenvalue weighted by Gasteiger charge is 2.41. The molecule has 3 saturated heterocycles. The second-order valence-corrected chi connectivity index (χ2v) is 13.6. The SMILES string of the molecule is O=C(O)CCCCCCC(=O)NCc1ccccc1-c1ccc([C@H]2O[C@@H](CN3CCC4(CC3)OCCO4)C[C@@H](c3ccc(CO)cc3)O2)cc1. The van der Waals surface area contributed by atoms with Crippen LogP contribution >= 0.6 is 0 Å². The lowest BCUT2D eigenvalue weighted by atomic mass is 9.97. The van der Waals surface area contributed by atoms with Gasteiger partial charge in [-0.15, -0.1) is 0 Å². The molecule has 0 aromatic heterocycles. The molecule has 3 aromatic rings. The Morgan fingerprint density at radius 1 is 0.820 bits per heavy atom. The van der Waals surface area contributed by atoms with Gasteiger partial charge in [0.1, 0.15) is 0 Å². The highest BCUT2D eigenvalue weighted by atomic mass is 16.7. The molecule has 3 aliphatic rings. The van der Waals surface area contributed by atoms with Crippen LogP contribution in [0.2, 0.25) is 0 Å². The number of benzene rings is 3. The highest BCUT2D eigenvalue weighted by molar-refractivity contribution is 5.76. The molecule has 0 bridgehead atoms. The van der Waals surface area contributed by atoms with E-state index < -0.39 is 18.0 Å². The number of aliphatic carboxylic acids is 1. The minimum atomic E-state index is -0.775. The number of carbonyl (C=O) groups excluding carboxylic acids is 1. The second-order valence-electron chi connectivity index (χ2n) is 13.6. The Kier molecular flexibility index (Phi) is 12.7. The predicted octanol–water partition coefficient (Wildman–Crippen LogP) is 6.27. The number of aliphatic hydroxyl groups excluding tert-OH is 1. The van der Waals surface area contributed by atoms with Crippen molar-refractivity contribution < 1.29 is 38.7 Å². The Morgan fingerprint density at radius 2 is 1.50 bits per heavy atom. The van der Waals surface area contributed by atoms with Crippen LogP contribution in [0, 0.1) is 0 Å². The number of hydrogen-bond donors (Lipinski definition) is 3. The van der Waals surface area contributed by atoms with Crippen molar-refractivity contribution in [3.63, 3.8) is 0 Å². The molecular weight excluding hydrogens is 636 g/mol. The Labute approximate surface area is 294 Å². The minimum absolute atomic E-state index is 0.000599. The van der Waals surface area contributed by atoms with Crippen LogP contribution in [0.25, 0.3) is 11.1 Å². The van der Waals surface area contributed by atoms with Crippen LogP contribution in [-0.4, -0.2) is 71.7 Å². The number of carboxylic acid groups (broad SMARTS) is 1. The lowest BCUT2D eigenvalue weighted by molar-refractivity contribution is -0.255. The predicted molar refractivity (Wildman–Crippen MR) is 188 cm³/mol. The molecule has 1 amide bonds. The van der Waals surface area contributed by atoms with Gasteiger partial charge in [-0.05, 0) is 40.7 Å². The number of hydrogen-bond acceptors (Lipinski definition) is 8. The van der Waals surface area contributed by atoms with Crippen molar-refractivity contribution in [1.82, 2.24) is 10.2 Å². The van der Waals surface area contributed by atoms with E-state index in [1.54, 1.807) is 0 Å². The van der Waals surface area contributed by atoms with Gasteiger partial charge in [-0.2, -0.15) is 0 Å². The maximum Gasteiger partial charge on any atom is 0.303 e. The van der Waals surface area contributed by atoms with Crippen molar-refractivity contribution in [3.05, 3.63) is 95.1 Å². The third kappa shape index (κ3) is 9.78. The molecule has 0 radical (unpaired) electrons. The van der Waals surface area contributed by atoms with Crippen LogP contribution in [0.15, 0.2) is 72.8 Å². The summed E-state index contributed by atoms with van der Waals surface area (Å²) in [6.07, 6.45) is 5.38. The maximum atomic E-state index is 12.5. The number of aliphatic hydroxyl groups is 1. The van der Waals surface area contributed by atoms with Crippen molar-refractivity contribution >= 4 is 11.9 Å². The number of ether oxygens (including phenoxy) is 4. The third-order valence-electron chi connectivity index (χ3n) is 10.0. The van der Waals surface area contributed by atoms with Crippen LogP contribution in [0.1, 0.15) is 92.4 Å². The van der Waals surface area contributed by atoms with E-state index in [1.165, 1.54) is 0 Å². The number of carbonyl (C=O) groups is 2. The van der Waals surface area contributed by atoms with E-state index in [0.29, 0.717) is 32.6 Å². The Balaban J connectivity index is 1.09. The molecular formula is C40H50N2O8. The number of amides is 1. The van der Waals surface area contributed by atoms with E-state index in [1.807, 2.05) is 42.5 Å². The molecule has 1 spiro atoms. The number of nitrogens with one attached hydrogen (secondary N) is 1. The van der Waals surface area contributed by atoms with Gasteiger partial charge >= 0.3 is 5.97 Å². The Bertz CT molecular complexity index is 1530. The topological polar surface area (TPSA) is 127 Å². The van der Waals surface area contributed by atoms with Gasteiger partial charge in [-0.3, -0.25) is 9.59 Å². The molecule has 3 fully saturated rings. The summed E-state index contributed by atoms with van der Waals surface area (Å²) >= 11 is 0. The first-order valence-corrected chi connectivity index (χ1v) is 18.1. The monoisotopic (exact) mass is 686 g/mol. The standard InChI is InChI=1S/C40H50N2O8/c43-28-29-11-13-31(14-12-29)36-25-34(27-42-21-19-40(20-22-42)47-23-24-48-40)49-39(50-36)32-17-15-30(16-18-32)35-8-6-5-7-33(35)26-41-37(44)9-3-1-2-4-10-38(45)46/h5-8,11-18,34,36,39,43H,1-4,9-10,19-28H2,(H,41,44)(H,45,46)/t34-,36+,39+/m1/s1. The van der Waals surface area contributed by atoms with Crippen molar-refractivity contribution in [2.24, 2.45) is 0 Å². The zero-order valence-corrected chi connectivity index (χ0v) is 28.8. The summed E-state index contributed by atoms with van der Waals surface area (Å²) < 4.78 is 25.1. The zero-order chi connectivity index (χ0) is 34.8. The lowest BCUT2D eigenvalue weighted by Gasteiger charge is -2.41. The number of rotatable bonds is 15. The van der Waals surface area contributed by atoms with E-state index in [-0.39, 0.29) is 31.1 Å². The minimum Gasteiger partial charge on any atom is -0.481 e. The molecule has 3 N–H and O–H groups in total. The first-order chi connectivity index (χ1) is 24.4. The fraction of sp³-hybridized carbons (Fsp3) is 0.500. The van der Waals surface area contributed by atoms with Crippen LogP contribution in [0.5, 0.6) is 0 Å². The van der Waals surface area contributed by atoms with E-state index in [9.17, 15) is 14.7 Å². The van der Waals surface area contributed by atoms with Crippen molar-refractivity contribution in [3.8, 4) is 11.1 Å². The number of carboxylic acids is 1. The summed E-state index contributed by atoms with van der Waals surface area (Å²) in [5, 5.41) is 21.4. The molecule has 6 rings (SSSR count). The summed E-state index contributed by atoms with van der Waals surface area (Å²) in [5.41, 5.74) is 6.00. The molecule has 0 aliphatic carbocycles. The lowest BCUT2D eigenvalue weighted by Crippen LogP contribution is -2.48. The average Bonchev–Trinajstić information content (AvgIpc) is 3.61. The number of piperidine rings is 1. The van der Waals surface area contributed by atoms with Crippen LogP contribution in [0.3, 0.4) is 0 Å². The normalized spacial score (nSPS) is 22.1. The maximum absolute atomic E-state index is 12.5. The summed E-state index contributed by atoms with van der Waals surface area (Å²) in [5.74, 6) is -1.19. The molecule has 10 heteroatoms. The van der Waals surface area contributed by atoms with Gasteiger partial charge in [-0.25, -0.2) is 0 Å². The van der Waals surface area contributed by atoms with E-state index in [2.05, 4.69) is 40.5 Å². The van der Waals surface area contributed by atoms with Gasteiger partial charge < -0.3 is 39.4 Å². The van der Waals surface area contributed by atoms with Crippen molar-refractivity contribution in [2.45, 2.75) is 95.2 Å². The average molecular weight is 687 g/mol. The van der Waals surface area contributed by atoms with E-state index in [0.717, 1.165) is 91.5 Å². The van der Waals surface area contributed by atoms with Gasteiger partial charge in [0.05, 0.1) is 32.0 Å². The Hall–Kier alpha value is -3.64. The summed E-state index contributed by atoms with van der Waals surface area (Å²) in [7, 11) is 0.